The molecule has 0 spiro atoms. The number of hydrogen-bond donors (Lipinski definition) is 3. The van der Waals surface area contributed by atoms with E-state index in [9.17, 15) is 9.59 Å². The quantitative estimate of drug-likeness (QED) is 0.738. The lowest BCUT2D eigenvalue weighted by molar-refractivity contribution is -0.137. The highest BCUT2D eigenvalue weighted by atomic mass is 16.4. The van der Waals surface area contributed by atoms with Gasteiger partial charge in [-0.15, -0.1) is 0 Å². The number of aliphatic carboxylic acids is 1. The van der Waals surface area contributed by atoms with Crippen molar-refractivity contribution >= 4 is 11.8 Å². The molecule has 18 heavy (non-hydrogen) atoms. The summed E-state index contributed by atoms with van der Waals surface area (Å²) in [5, 5.41) is 11.8. The van der Waals surface area contributed by atoms with Gasteiger partial charge in [0, 0.05) is 18.4 Å². The number of aromatic nitrogens is 2. The first-order chi connectivity index (χ1) is 8.28. The van der Waals surface area contributed by atoms with Crippen molar-refractivity contribution in [3.63, 3.8) is 0 Å². The first-order valence-electron chi connectivity index (χ1n) is 5.80. The van der Waals surface area contributed by atoms with E-state index in [2.05, 4.69) is 15.3 Å². The monoisotopic (exact) mass is 253 g/mol. The maximum absolute atomic E-state index is 11.5. The van der Waals surface area contributed by atoms with Gasteiger partial charge in [0.15, 0.2) is 5.82 Å². The fourth-order valence-corrected chi connectivity index (χ4v) is 1.77. The van der Waals surface area contributed by atoms with Gasteiger partial charge in [-0.25, -0.2) is 4.98 Å². The number of nitrogens with zero attached hydrogens (tertiary/aromatic N) is 1. The molecule has 3 N–H and O–H groups in total. The Hall–Kier alpha value is -1.85. The molecule has 0 saturated carbocycles. The van der Waals surface area contributed by atoms with Gasteiger partial charge in [0.2, 0.25) is 0 Å². The van der Waals surface area contributed by atoms with Crippen LogP contribution < -0.4 is 10.9 Å². The van der Waals surface area contributed by atoms with Crippen molar-refractivity contribution < 1.29 is 9.90 Å². The lowest BCUT2D eigenvalue weighted by Crippen LogP contribution is -2.31. The second-order valence-corrected chi connectivity index (χ2v) is 5.47. The molecule has 6 nitrogen and oxygen atoms in total. The topological polar surface area (TPSA) is 95.1 Å². The van der Waals surface area contributed by atoms with E-state index < -0.39 is 5.97 Å². The number of anilines is 1. The van der Waals surface area contributed by atoms with Crippen LogP contribution in [0.25, 0.3) is 0 Å². The van der Waals surface area contributed by atoms with Crippen molar-refractivity contribution in [3.8, 4) is 0 Å². The Labute approximate surface area is 105 Å². The first-order valence-corrected chi connectivity index (χ1v) is 5.80. The van der Waals surface area contributed by atoms with Gasteiger partial charge in [-0.05, 0) is 11.8 Å². The van der Waals surface area contributed by atoms with Crippen LogP contribution in [0.15, 0.2) is 17.2 Å². The van der Waals surface area contributed by atoms with Crippen LogP contribution in [0.3, 0.4) is 0 Å². The highest BCUT2D eigenvalue weighted by Gasteiger charge is 2.22. The van der Waals surface area contributed by atoms with Crippen molar-refractivity contribution in [2.75, 3.05) is 5.32 Å². The second kappa shape index (κ2) is 5.66. The summed E-state index contributed by atoms with van der Waals surface area (Å²) in [6.45, 7) is 6.06. The molecule has 1 aromatic rings. The van der Waals surface area contributed by atoms with Gasteiger partial charge in [-0.2, -0.15) is 0 Å². The molecule has 1 aromatic heterocycles. The number of carboxylic acids is 1. The van der Waals surface area contributed by atoms with Crippen LogP contribution in [0.4, 0.5) is 5.82 Å². The van der Waals surface area contributed by atoms with Crippen molar-refractivity contribution in [1.29, 1.82) is 0 Å². The van der Waals surface area contributed by atoms with Crippen LogP contribution >= 0.6 is 0 Å². The van der Waals surface area contributed by atoms with E-state index in [1.807, 2.05) is 20.8 Å². The van der Waals surface area contributed by atoms with Gasteiger partial charge >= 0.3 is 5.97 Å². The van der Waals surface area contributed by atoms with Crippen LogP contribution in [0.1, 0.15) is 33.6 Å². The standard InChI is InChI=1S/C12H19N3O3/c1-12(2,3)7-8(6-9(16)17)15-10-11(18)14-5-4-13-10/h4-5,8H,6-7H2,1-3H3,(H,13,15)(H,14,18)(H,16,17). The number of carboxylic acid groups (broad SMARTS) is 1. The summed E-state index contributed by atoms with van der Waals surface area (Å²) in [6, 6.07) is -0.321. The summed E-state index contributed by atoms with van der Waals surface area (Å²) in [7, 11) is 0. The third-order valence-corrected chi connectivity index (χ3v) is 2.33. The zero-order chi connectivity index (χ0) is 13.8. The zero-order valence-electron chi connectivity index (χ0n) is 10.9. The van der Waals surface area contributed by atoms with E-state index in [0.717, 1.165) is 0 Å². The maximum atomic E-state index is 11.5. The zero-order valence-corrected chi connectivity index (χ0v) is 10.9. The second-order valence-electron chi connectivity index (χ2n) is 5.47. The summed E-state index contributed by atoms with van der Waals surface area (Å²) < 4.78 is 0. The van der Waals surface area contributed by atoms with Crippen LogP contribution in [-0.4, -0.2) is 27.1 Å². The van der Waals surface area contributed by atoms with Crippen LogP contribution in [-0.2, 0) is 4.79 Å². The number of aromatic amines is 1. The fraction of sp³-hybridized carbons (Fsp3) is 0.583. The molecule has 0 fully saturated rings. The third-order valence-electron chi connectivity index (χ3n) is 2.33. The highest BCUT2D eigenvalue weighted by Crippen LogP contribution is 2.23. The molecular weight excluding hydrogens is 234 g/mol. The van der Waals surface area contributed by atoms with Gasteiger partial charge in [-0.3, -0.25) is 9.59 Å². The van der Waals surface area contributed by atoms with E-state index in [0.29, 0.717) is 6.42 Å². The number of nitrogens with one attached hydrogen (secondary N) is 2. The Morgan fingerprint density at radius 1 is 1.56 bits per heavy atom. The number of rotatable bonds is 5. The van der Waals surface area contributed by atoms with E-state index in [1.54, 1.807) is 0 Å². The summed E-state index contributed by atoms with van der Waals surface area (Å²) in [4.78, 5) is 28.7. The maximum Gasteiger partial charge on any atom is 0.305 e. The molecule has 0 saturated heterocycles. The molecule has 1 unspecified atom stereocenters. The number of H-pyrrole nitrogens is 1. The van der Waals surface area contributed by atoms with Crippen molar-refractivity contribution in [3.05, 3.63) is 22.7 Å². The molecule has 0 aliphatic heterocycles. The van der Waals surface area contributed by atoms with Crippen molar-refractivity contribution in [1.82, 2.24) is 9.97 Å². The molecule has 1 atom stereocenters. The minimum absolute atomic E-state index is 0.0331. The normalized spacial score (nSPS) is 13.1. The number of carbonyl (C=O) groups is 1. The Morgan fingerprint density at radius 3 is 2.72 bits per heavy atom. The Bertz CT molecular complexity index is 462. The predicted octanol–water partition coefficient (Wildman–Crippen LogP) is 1.46. The number of hydrogen-bond acceptors (Lipinski definition) is 4. The van der Waals surface area contributed by atoms with Crippen molar-refractivity contribution in [2.24, 2.45) is 5.41 Å². The van der Waals surface area contributed by atoms with Crippen LogP contribution in [0, 0.1) is 5.41 Å². The molecule has 0 bridgehead atoms. The average Bonchev–Trinajstić information content (AvgIpc) is 2.17. The third kappa shape index (κ3) is 4.99. The van der Waals surface area contributed by atoms with Gasteiger partial charge in [0.25, 0.3) is 5.56 Å². The summed E-state index contributed by atoms with van der Waals surface area (Å²) in [5.41, 5.74) is -0.379. The smallest absolute Gasteiger partial charge is 0.305 e. The van der Waals surface area contributed by atoms with Gasteiger partial charge < -0.3 is 15.4 Å². The lowest BCUT2D eigenvalue weighted by Gasteiger charge is -2.25. The molecule has 100 valence electrons. The Morgan fingerprint density at radius 2 is 2.22 bits per heavy atom. The average molecular weight is 253 g/mol. The highest BCUT2D eigenvalue weighted by molar-refractivity contribution is 5.68. The molecule has 6 heteroatoms. The SMILES string of the molecule is CC(C)(C)CC(CC(=O)O)Nc1ncc[nH]c1=O. The minimum Gasteiger partial charge on any atom is -0.481 e. The van der Waals surface area contributed by atoms with E-state index in [4.69, 9.17) is 5.11 Å². The predicted molar refractivity (Wildman–Crippen MR) is 68.6 cm³/mol. The summed E-state index contributed by atoms with van der Waals surface area (Å²) in [6.07, 6.45) is 3.48. The molecule has 0 aromatic carbocycles. The largest absolute Gasteiger partial charge is 0.481 e. The Balaban J connectivity index is 2.81. The van der Waals surface area contributed by atoms with E-state index in [-0.39, 0.29) is 29.3 Å². The first kappa shape index (κ1) is 14.2. The van der Waals surface area contributed by atoms with Gasteiger partial charge in [-0.1, -0.05) is 20.8 Å². The molecule has 0 aliphatic rings. The van der Waals surface area contributed by atoms with E-state index >= 15 is 0 Å². The lowest BCUT2D eigenvalue weighted by atomic mass is 9.87. The van der Waals surface area contributed by atoms with Gasteiger partial charge in [0.05, 0.1) is 6.42 Å². The van der Waals surface area contributed by atoms with Crippen LogP contribution in [0.5, 0.6) is 0 Å². The molecule has 0 amide bonds. The van der Waals surface area contributed by atoms with Gasteiger partial charge in [0.1, 0.15) is 0 Å². The van der Waals surface area contributed by atoms with Crippen LogP contribution in [0.2, 0.25) is 0 Å². The summed E-state index contributed by atoms with van der Waals surface area (Å²) >= 11 is 0. The summed E-state index contributed by atoms with van der Waals surface area (Å²) in [5.74, 6) is -0.739. The Kier molecular flexibility index (Phi) is 4.47. The molecule has 0 radical (unpaired) electrons. The minimum atomic E-state index is -0.899. The van der Waals surface area contributed by atoms with Crippen molar-refractivity contribution in [2.45, 2.75) is 39.7 Å². The molecule has 1 rings (SSSR count). The molecule has 0 aliphatic carbocycles. The molecule has 1 heterocycles. The fourth-order valence-electron chi connectivity index (χ4n) is 1.77. The van der Waals surface area contributed by atoms with E-state index in [1.165, 1.54) is 12.4 Å². The molecular formula is C12H19N3O3.